The second-order valence-corrected chi connectivity index (χ2v) is 7.47. The molecule has 0 radical (unpaired) electrons. The summed E-state index contributed by atoms with van der Waals surface area (Å²) in [5.74, 6) is 4.02. The van der Waals surface area contributed by atoms with Crippen LogP contribution in [0.1, 0.15) is 37.5 Å². The van der Waals surface area contributed by atoms with Crippen molar-refractivity contribution in [1.82, 2.24) is 0 Å². The van der Waals surface area contributed by atoms with Gasteiger partial charge in [-0.15, -0.1) is 0 Å². The highest BCUT2D eigenvalue weighted by atomic mass is 35.5. The van der Waals surface area contributed by atoms with E-state index < -0.39 is 29.9 Å². The second kappa shape index (κ2) is 8.43. The van der Waals surface area contributed by atoms with Crippen molar-refractivity contribution in [3.8, 4) is 17.6 Å². The predicted molar refractivity (Wildman–Crippen MR) is 101 cm³/mol. The minimum atomic E-state index is -1.10. The van der Waals surface area contributed by atoms with Crippen LogP contribution < -0.4 is 4.74 Å². The molecule has 6 heteroatoms. The van der Waals surface area contributed by atoms with Gasteiger partial charge in [0, 0.05) is 16.0 Å². The quantitative estimate of drug-likeness (QED) is 0.766. The predicted octanol–water partition coefficient (Wildman–Crippen LogP) is 4.25. The lowest BCUT2D eigenvalue weighted by Crippen LogP contribution is -2.39. The van der Waals surface area contributed by atoms with Gasteiger partial charge in [0.1, 0.15) is 11.6 Å². The van der Waals surface area contributed by atoms with E-state index >= 15 is 0 Å². The first-order valence-electron chi connectivity index (χ1n) is 8.22. The Balaban J connectivity index is 2.45. The summed E-state index contributed by atoms with van der Waals surface area (Å²) in [6.45, 7) is 4.83. The van der Waals surface area contributed by atoms with Crippen LogP contribution in [0.5, 0.6) is 5.75 Å². The van der Waals surface area contributed by atoms with Gasteiger partial charge < -0.3 is 14.9 Å². The Morgan fingerprint density at radius 2 is 1.89 bits per heavy atom. The molecular formula is C21H20ClFO4. The molecule has 0 aromatic heterocycles. The fraction of sp³-hybridized carbons (Fsp3) is 0.286. The molecule has 0 spiro atoms. The topological polar surface area (TPSA) is 66.8 Å². The van der Waals surface area contributed by atoms with Crippen LogP contribution >= 0.6 is 11.6 Å². The van der Waals surface area contributed by atoms with E-state index in [2.05, 4.69) is 11.8 Å². The van der Waals surface area contributed by atoms with Crippen LogP contribution in [0.2, 0.25) is 5.02 Å². The van der Waals surface area contributed by atoms with Gasteiger partial charge >= 0.3 is 5.97 Å². The highest BCUT2D eigenvalue weighted by Crippen LogP contribution is 2.29. The van der Waals surface area contributed by atoms with Crippen LogP contribution in [-0.4, -0.2) is 22.3 Å². The summed E-state index contributed by atoms with van der Waals surface area (Å²) in [7, 11) is 0. The molecule has 0 aliphatic carbocycles. The Hall–Kier alpha value is -2.55. The van der Waals surface area contributed by atoms with Crippen LogP contribution in [0, 0.1) is 23.1 Å². The molecule has 0 bridgehead atoms. The molecule has 142 valence electrons. The molecule has 0 aliphatic heterocycles. The minimum absolute atomic E-state index is 0.109. The highest BCUT2D eigenvalue weighted by Gasteiger charge is 2.33. The van der Waals surface area contributed by atoms with Crippen LogP contribution in [0.4, 0.5) is 4.39 Å². The number of benzene rings is 2. The van der Waals surface area contributed by atoms with Gasteiger partial charge in [0.25, 0.3) is 0 Å². The third-order valence-electron chi connectivity index (χ3n) is 3.78. The number of hydrogen-bond acceptors (Lipinski definition) is 3. The molecule has 1 atom stereocenters. The third-order valence-corrected chi connectivity index (χ3v) is 4.01. The van der Waals surface area contributed by atoms with Crippen molar-refractivity contribution in [2.45, 2.75) is 33.5 Å². The van der Waals surface area contributed by atoms with E-state index in [0.717, 1.165) is 0 Å². The number of halogens is 2. The van der Waals surface area contributed by atoms with Crippen molar-refractivity contribution in [3.05, 3.63) is 63.9 Å². The van der Waals surface area contributed by atoms with Crippen LogP contribution in [0.15, 0.2) is 36.4 Å². The van der Waals surface area contributed by atoms with Crippen LogP contribution in [-0.2, 0) is 11.4 Å². The number of aliphatic hydroxyl groups is 1. The van der Waals surface area contributed by atoms with Crippen molar-refractivity contribution >= 4 is 17.6 Å². The van der Waals surface area contributed by atoms with Crippen LogP contribution in [0.3, 0.4) is 0 Å². The fourth-order valence-corrected chi connectivity index (χ4v) is 2.53. The Kier molecular flexibility index (Phi) is 6.48. The Morgan fingerprint density at radius 3 is 2.48 bits per heavy atom. The maximum absolute atomic E-state index is 14.2. The molecule has 2 aromatic carbocycles. The molecule has 0 saturated heterocycles. The first-order valence-corrected chi connectivity index (χ1v) is 8.60. The molecule has 0 saturated carbocycles. The fourth-order valence-electron chi connectivity index (χ4n) is 2.36. The summed E-state index contributed by atoms with van der Waals surface area (Å²) in [6, 6.07) is 9.18. The summed E-state index contributed by atoms with van der Waals surface area (Å²) in [6.07, 6.45) is -1.10. The van der Waals surface area contributed by atoms with Crippen molar-refractivity contribution in [1.29, 1.82) is 0 Å². The molecule has 2 rings (SSSR count). The number of ether oxygens (including phenoxy) is 1. The molecule has 0 amide bonds. The Bertz CT molecular complexity index is 907. The van der Waals surface area contributed by atoms with Gasteiger partial charge in [0.05, 0.1) is 17.7 Å². The molecular weight excluding hydrogens is 371 g/mol. The minimum Gasteiger partial charge on any atom is -0.478 e. The maximum atomic E-state index is 14.2. The third kappa shape index (κ3) is 5.22. The number of carboxylic acids is 1. The van der Waals surface area contributed by atoms with E-state index in [-0.39, 0.29) is 16.9 Å². The first-order chi connectivity index (χ1) is 12.6. The molecule has 0 heterocycles. The molecule has 27 heavy (non-hydrogen) atoms. The molecule has 2 N–H and O–H groups in total. The molecule has 0 aliphatic rings. The highest BCUT2D eigenvalue weighted by molar-refractivity contribution is 6.30. The van der Waals surface area contributed by atoms with E-state index in [1.165, 1.54) is 24.3 Å². The Morgan fingerprint density at radius 1 is 1.22 bits per heavy atom. The van der Waals surface area contributed by atoms with Gasteiger partial charge in [-0.3, -0.25) is 0 Å². The van der Waals surface area contributed by atoms with E-state index in [4.69, 9.17) is 21.4 Å². The lowest BCUT2D eigenvalue weighted by Gasteiger charge is -2.28. The number of rotatable bonds is 4. The van der Waals surface area contributed by atoms with Crippen molar-refractivity contribution in [2.24, 2.45) is 5.41 Å². The average molecular weight is 391 g/mol. The number of aliphatic hydroxyl groups excluding tert-OH is 1. The summed E-state index contributed by atoms with van der Waals surface area (Å²) < 4.78 is 19.9. The first kappa shape index (κ1) is 20.8. The molecule has 1 unspecified atom stereocenters. The number of hydrogen-bond donors (Lipinski definition) is 2. The SMILES string of the molecule is CC(C)(C)C(Oc1ccc(Cl)cc1C#Cc1cccc(CO)c1F)C(=O)O. The normalized spacial score (nSPS) is 12.1. The van der Waals surface area contributed by atoms with Gasteiger partial charge in [0.2, 0.25) is 0 Å². The number of carbonyl (C=O) groups is 1. The summed E-state index contributed by atoms with van der Waals surface area (Å²) in [5.41, 5.74) is -0.0644. The summed E-state index contributed by atoms with van der Waals surface area (Å²) >= 11 is 6.02. The second-order valence-electron chi connectivity index (χ2n) is 7.03. The Labute approximate surface area is 162 Å². The van der Waals surface area contributed by atoms with Gasteiger partial charge in [-0.05, 0) is 24.3 Å². The smallest absolute Gasteiger partial charge is 0.345 e. The zero-order valence-electron chi connectivity index (χ0n) is 15.2. The van der Waals surface area contributed by atoms with Crippen molar-refractivity contribution in [2.75, 3.05) is 0 Å². The average Bonchev–Trinajstić information content (AvgIpc) is 2.58. The molecule has 4 nitrogen and oxygen atoms in total. The zero-order chi connectivity index (χ0) is 20.2. The van der Waals surface area contributed by atoms with Gasteiger partial charge in [0.15, 0.2) is 6.10 Å². The van der Waals surface area contributed by atoms with Crippen molar-refractivity contribution in [3.63, 3.8) is 0 Å². The van der Waals surface area contributed by atoms with Gasteiger partial charge in [-0.1, -0.05) is 56.3 Å². The lowest BCUT2D eigenvalue weighted by molar-refractivity contribution is -0.150. The maximum Gasteiger partial charge on any atom is 0.345 e. The van der Waals surface area contributed by atoms with Gasteiger partial charge in [-0.25, -0.2) is 9.18 Å². The standard InChI is InChI=1S/C21H20ClFO4/c1-21(2,3)19(20(25)26)27-17-10-9-16(22)11-14(17)8-7-13-5-4-6-15(12-24)18(13)23/h4-6,9-11,19,24H,12H2,1-3H3,(H,25,26). The molecule has 0 fully saturated rings. The van der Waals surface area contributed by atoms with Crippen molar-refractivity contribution < 1.29 is 24.1 Å². The van der Waals surface area contributed by atoms with Gasteiger partial charge in [-0.2, -0.15) is 0 Å². The van der Waals surface area contributed by atoms with E-state index in [9.17, 15) is 14.3 Å². The largest absolute Gasteiger partial charge is 0.478 e. The van der Waals surface area contributed by atoms with E-state index in [1.807, 2.05) is 0 Å². The molecule has 2 aromatic rings. The summed E-state index contributed by atoms with van der Waals surface area (Å²) in [4.78, 5) is 11.6. The van der Waals surface area contributed by atoms with Crippen LogP contribution in [0.25, 0.3) is 0 Å². The number of carboxylic acid groups (broad SMARTS) is 1. The monoisotopic (exact) mass is 390 g/mol. The van der Waals surface area contributed by atoms with E-state index in [1.54, 1.807) is 32.9 Å². The van der Waals surface area contributed by atoms with E-state index in [0.29, 0.717) is 10.6 Å². The summed E-state index contributed by atoms with van der Waals surface area (Å²) in [5, 5.41) is 19.0. The zero-order valence-corrected chi connectivity index (χ0v) is 16.0. The number of aliphatic carboxylic acids is 1. The lowest BCUT2D eigenvalue weighted by atomic mass is 9.89.